The van der Waals surface area contributed by atoms with Crippen LogP contribution >= 0.6 is 0 Å². The second kappa shape index (κ2) is 9.59. The first-order chi connectivity index (χ1) is 19.7. The maximum absolute atomic E-state index is 15.1. The topological polar surface area (TPSA) is 74.6 Å². The van der Waals surface area contributed by atoms with Crippen LogP contribution in [0, 0.1) is 17.3 Å². The van der Waals surface area contributed by atoms with Crippen LogP contribution in [0.15, 0.2) is 71.3 Å². The molecule has 9 heteroatoms. The highest BCUT2D eigenvalue weighted by Crippen LogP contribution is 2.70. The molecule has 4 aliphatic carbocycles. The fourth-order valence-electron chi connectivity index (χ4n) is 8.43. The minimum atomic E-state index is -5.89. The summed E-state index contributed by atoms with van der Waals surface area (Å²) in [5, 5.41) is 20.6. The molecule has 0 aliphatic heterocycles. The highest BCUT2D eigenvalue weighted by Gasteiger charge is 2.79. The van der Waals surface area contributed by atoms with Crippen LogP contribution < -0.4 is 0 Å². The number of fused-ring (bicyclic) bond motifs is 4. The first kappa shape index (κ1) is 28.8. The van der Waals surface area contributed by atoms with Gasteiger partial charge in [-0.3, -0.25) is 4.79 Å². The van der Waals surface area contributed by atoms with E-state index in [0.29, 0.717) is 25.7 Å². The van der Waals surface area contributed by atoms with E-state index in [1.165, 1.54) is 19.1 Å². The lowest BCUT2D eigenvalue weighted by Gasteiger charge is -2.56. The van der Waals surface area contributed by atoms with E-state index < -0.39 is 47.3 Å². The molecule has 4 aliphatic rings. The predicted molar refractivity (Wildman–Crippen MR) is 145 cm³/mol. The Labute approximate surface area is 239 Å². The zero-order chi connectivity index (χ0) is 30.2. The lowest BCUT2D eigenvalue weighted by molar-refractivity contribution is -0.362. The first-order valence-corrected chi connectivity index (χ1v) is 14.3. The number of alkyl halides is 5. The van der Waals surface area contributed by atoms with E-state index in [1.807, 2.05) is 24.3 Å². The van der Waals surface area contributed by atoms with Crippen LogP contribution in [0.2, 0.25) is 0 Å². The second-order valence-electron chi connectivity index (χ2n) is 12.5. The predicted octanol–water partition coefficient (Wildman–Crippen LogP) is 7.88. The largest absolute Gasteiger partial charge is 0.478 e. The number of hydrogen-bond acceptors (Lipinski definition) is 3. The second-order valence-corrected chi connectivity index (χ2v) is 12.5. The minimum absolute atomic E-state index is 0.0309. The van der Waals surface area contributed by atoms with E-state index in [-0.39, 0.29) is 30.1 Å². The van der Waals surface area contributed by atoms with Crippen LogP contribution in [0.5, 0.6) is 0 Å². The Bertz CT molecular complexity index is 1500. The number of carbonyl (C=O) groups is 2. The van der Waals surface area contributed by atoms with Gasteiger partial charge in [-0.25, -0.2) is 4.79 Å². The minimum Gasteiger partial charge on any atom is -0.478 e. The van der Waals surface area contributed by atoms with Gasteiger partial charge in [-0.2, -0.15) is 22.0 Å². The van der Waals surface area contributed by atoms with Crippen LogP contribution in [-0.2, 0) is 4.79 Å². The van der Waals surface area contributed by atoms with Gasteiger partial charge < -0.3 is 10.2 Å². The number of allylic oxidation sites excluding steroid dienone is 4. The molecule has 0 heterocycles. The molecule has 0 amide bonds. The summed E-state index contributed by atoms with van der Waals surface area (Å²) >= 11 is 0. The summed E-state index contributed by atoms with van der Waals surface area (Å²) in [6.07, 6.45) is -2.99. The number of carboxylic acid groups (broad SMARTS) is 1. The summed E-state index contributed by atoms with van der Waals surface area (Å²) in [6, 6.07) is 13.7. The van der Waals surface area contributed by atoms with Crippen LogP contribution in [0.1, 0.15) is 73.7 Å². The first-order valence-electron chi connectivity index (χ1n) is 14.3. The van der Waals surface area contributed by atoms with E-state index >= 15 is 8.78 Å². The van der Waals surface area contributed by atoms with Crippen molar-refractivity contribution < 1.29 is 41.8 Å². The van der Waals surface area contributed by atoms with Crippen molar-refractivity contribution in [2.45, 2.75) is 75.5 Å². The standard InChI is InChI=1S/C33H31F5O4/c1-30-17-26(20-6-2-18(3-7-20)19-4-8-21(9-5-19)29(40)41)28-24-13-11-23(39)16-22(24)10-12-25(28)27(30)14-15-31(30,42)32(34,35)33(36,37)38/h2-9,16,25-27,42H,10-15,17H2,1H3,(H,40,41)/t25?,26-,27?,30+,31+/m1/s1. The summed E-state index contributed by atoms with van der Waals surface area (Å²) in [5.41, 5.74) is 0.455. The van der Waals surface area contributed by atoms with Gasteiger partial charge in [0.2, 0.25) is 0 Å². The van der Waals surface area contributed by atoms with Gasteiger partial charge >= 0.3 is 18.1 Å². The average Bonchev–Trinajstić information content (AvgIpc) is 3.23. The number of carbonyl (C=O) groups excluding carboxylic acids is 1. The molecule has 0 bridgehead atoms. The maximum atomic E-state index is 15.1. The lowest BCUT2D eigenvalue weighted by Crippen LogP contribution is -2.65. The van der Waals surface area contributed by atoms with E-state index in [0.717, 1.165) is 33.4 Å². The molecule has 4 nitrogen and oxygen atoms in total. The third-order valence-corrected chi connectivity index (χ3v) is 10.5. The number of hydrogen-bond donors (Lipinski definition) is 2. The fraction of sp³-hybridized carbons (Fsp3) is 0.455. The van der Waals surface area contributed by atoms with Gasteiger partial charge in [0, 0.05) is 17.8 Å². The summed E-state index contributed by atoms with van der Waals surface area (Å²) in [6.45, 7) is 1.41. The summed E-state index contributed by atoms with van der Waals surface area (Å²) < 4.78 is 71.6. The maximum Gasteiger partial charge on any atom is 0.456 e. The normalized spacial score (nSPS) is 31.3. The third kappa shape index (κ3) is 4.10. The molecular weight excluding hydrogens is 555 g/mol. The van der Waals surface area contributed by atoms with Gasteiger partial charge in [-0.05, 0) is 96.4 Å². The molecule has 5 atom stereocenters. The molecule has 0 saturated heterocycles. The Morgan fingerprint density at radius 1 is 0.905 bits per heavy atom. The molecule has 2 saturated carbocycles. The average molecular weight is 587 g/mol. The van der Waals surface area contributed by atoms with Crippen LogP contribution in [-0.4, -0.2) is 39.7 Å². The van der Waals surface area contributed by atoms with Gasteiger partial charge in [0.15, 0.2) is 5.78 Å². The third-order valence-electron chi connectivity index (χ3n) is 10.5. The fourth-order valence-corrected chi connectivity index (χ4v) is 8.43. The number of halogens is 5. The molecule has 0 radical (unpaired) electrons. The molecule has 2 aromatic rings. The van der Waals surface area contributed by atoms with Crippen molar-refractivity contribution in [1.82, 2.24) is 0 Å². The molecule has 2 N–H and O–H groups in total. The van der Waals surface area contributed by atoms with Crippen molar-refractivity contribution in [3.8, 4) is 11.1 Å². The molecule has 2 unspecified atom stereocenters. The van der Waals surface area contributed by atoms with Gasteiger partial charge in [0.1, 0.15) is 5.60 Å². The van der Waals surface area contributed by atoms with Gasteiger partial charge in [-0.1, -0.05) is 48.9 Å². The SMILES string of the molecule is C[C@]12C[C@H](c3ccc(-c4ccc(C(=O)O)cc4)cc3)C3=C4CCC(=O)C=C4CCC3C1CC[C@@]2(O)C(F)(F)C(F)(F)F. The Hall–Kier alpha value is -3.33. The molecule has 2 aromatic carbocycles. The molecule has 0 aromatic heterocycles. The Kier molecular flexibility index (Phi) is 6.57. The molecular formula is C33H31F5O4. The molecule has 222 valence electrons. The molecule has 0 spiro atoms. The highest BCUT2D eigenvalue weighted by molar-refractivity contribution is 5.93. The van der Waals surface area contributed by atoms with Crippen molar-refractivity contribution >= 4 is 11.8 Å². The van der Waals surface area contributed by atoms with E-state index in [1.54, 1.807) is 18.2 Å². The van der Waals surface area contributed by atoms with Gasteiger partial charge in [-0.15, -0.1) is 0 Å². The molecule has 2 fully saturated rings. The van der Waals surface area contributed by atoms with Crippen molar-refractivity contribution in [2.75, 3.05) is 0 Å². The lowest BCUT2D eigenvalue weighted by atomic mass is 9.50. The van der Waals surface area contributed by atoms with E-state index in [9.17, 15) is 33.0 Å². The van der Waals surface area contributed by atoms with Crippen molar-refractivity contribution in [2.24, 2.45) is 17.3 Å². The Morgan fingerprint density at radius 3 is 2.12 bits per heavy atom. The summed E-state index contributed by atoms with van der Waals surface area (Å²) in [4.78, 5) is 23.4. The van der Waals surface area contributed by atoms with Crippen LogP contribution in [0.4, 0.5) is 22.0 Å². The zero-order valence-electron chi connectivity index (χ0n) is 23.0. The summed E-state index contributed by atoms with van der Waals surface area (Å²) in [7, 11) is 0. The monoisotopic (exact) mass is 586 g/mol. The number of aliphatic hydroxyl groups is 1. The van der Waals surface area contributed by atoms with Crippen molar-refractivity contribution in [1.29, 1.82) is 0 Å². The molecule has 6 rings (SSSR count). The van der Waals surface area contributed by atoms with Gasteiger partial charge in [0.05, 0.1) is 5.56 Å². The smallest absolute Gasteiger partial charge is 0.456 e. The van der Waals surface area contributed by atoms with Crippen molar-refractivity contribution in [3.63, 3.8) is 0 Å². The van der Waals surface area contributed by atoms with Crippen LogP contribution in [0.25, 0.3) is 11.1 Å². The number of carboxylic acids is 1. The zero-order valence-corrected chi connectivity index (χ0v) is 23.0. The number of benzene rings is 2. The summed E-state index contributed by atoms with van der Waals surface area (Å²) in [5.74, 6) is -7.64. The van der Waals surface area contributed by atoms with Gasteiger partial charge in [0.25, 0.3) is 0 Å². The van der Waals surface area contributed by atoms with E-state index in [2.05, 4.69) is 0 Å². The van der Waals surface area contributed by atoms with Crippen LogP contribution in [0.3, 0.4) is 0 Å². The number of ketones is 1. The number of rotatable bonds is 4. The van der Waals surface area contributed by atoms with Crippen molar-refractivity contribution in [3.05, 3.63) is 82.5 Å². The quantitative estimate of drug-likeness (QED) is 0.358. The number of aromatic carboxylic acids is 1. The Balaban J connectivity index is 1.46. The molecule has 42 heavy (non-hydrogen) atoms. The van der Waals surface area contributed by atoms with E-state index in [4.69, 9.17) is 0 Å². The highest BCUT2D eigenvalue weighted by atomic mass is 19.4. The Morgan fingerprint density at radius 2 is 1.52 bits per heavy atom.